The zero-order chi connectivity index (χ0) is 21.3. The molecule has 4 heteroatoms. The van der Waals surface area contributed by atoms with E-state index in [0.29, 0.717) is 0 Å². The summed E-state index contributed by atoms with van der Waals surface area (Å²) < 4.78 is 2.41. The van der Waals surface area contributed by atoms with Crippen molar-refractivity contribution in [3.63, 3.8) is 0 Å². The second-order valence-corrected chi connectivity index (χ2v) is 9.58. The molecule has 0 unspecified atom stereocenters. The van der Waals surface area contributed by atoms with Gasteiger partial charge in [0.25, 0.3) is 0 Å². The first-order valence-electron chi connectivity index (χ1n) is 12.0. The lowest BCUT2D eigenvalue weighted by atomic mass is 10.1. The van der Waals surface area contributed by atoms with Crippen molar-refractivity contribution in [3.05, 3.63) is 35.9 Å². The molecule has 0 atom stereocenters. The number of hydrogen-bond acceptors (Lipinski definition) is 0. The van der Waals surface area contributed by atoms with E-state index in [1.54, 1.807) is 0 Å². The normalized spacial score (nSPS) is 11.0. The van der Waals surface area contributed by atoms with Crippen LogP contribution in [-0.2, 0) is 6.54 Å². The third kappa shape index (κ3) is 18.7. The Morgan fingerprint density at radius 3 is 1.20 bits per heavy atom. The highest BCUT2D eigenvalue weighted by Gasteiger charge is 2.24. The number of nitrogens with zero attached hydrogens (tertiary/aromatic N) is 2. The smallest absolute Gasteiger partial charge is 0.104 e. The third-order valence-electron chi connectivity index (χ3n) is 5.44. The Balaban J connectivity index is -0.000000489. The van der Waals surface area contributed by atoms with Gasteiger partial charge in [-0.15, -0.1) is 0 Å². The van der Waals surface area contributed by atoms with Crippen molar-refractivity contribution in [2.75, 3.05) is 47.3 Å². The Bertz CT molecular complexity index is 422. The summed E-state index contributed by atoms with van der Waals surface area (Å²) in [7, 11) is 6.60. The summed E-state index contributed by atoms with van der Waals surface area (Å²) in [6.45, 7) is 16.1. The van der Waals surface area contributed by atoms with Crippen LogP contribution < -0.4 is 29.4 Å². The second-order valence-electron chi connectivity index (χ2n) is 9.58. The van der Waals surface area contributed by atoms with Crippen LogP contribution in [0.15, 0.2) is 30.3 Å². The topological polar surface area (TPSA) is 0 Å². The van der Waals surface area contributed by atoms with Gasteiger partial charge in [-0.3, -0.25) is 0 Å². The standard InChI is InChI=1S/C16H36N.C10H16N.BrH.ClH/c1-5-9-13-17(14-10-6-2,15-11-7-3)16-12-8-4;1-11(2,3)9-10-7-5-4-6-8-10;;/h5-16H2,1-4H3;4-8H,9H2,1-3H3;2*1H/q2*+1;;/p-2. The molecule has 0 fully saturated rings. The molecule has 1 rings (SSSR count). The van der Waals surface area contributed by atoms with Gasteiger partial charge < -0.3 is 38.4 Å². The molecule has 0 aromatic heterocycles. The Morgan fingerprint density at radius 1 is 0.600 bits per heavy atom. The number of rotatable bonds is 14. The fraction of sp³-hybridized carbons (Fsp3) is 0.769. The molecule has 0 bridgehead atoms. The van der Waals surface area contributed by atoms with E-state index in [2.05, 4.69) is 79.2 Å². The van der Waals surface area contributed by atoms with E-state index in [1.807, 2.05) is 0 Å². The van der Waals surface area contributed by atoms with Crippen LogP contribution in [0, 0.1) is 0 Å². The molecule has 0 aliphatic heterocycles. The summed E-state index contributed by atoms with van der Waals surface area (Å²) in [5, 5.41) is 0. The lowest BCUT2D eigenvalue weighted by Gasteiger charge is -2.39. The van der Waals surface area contributed by atoms with E-state index in [4.69, 9.17) is 0 Å². The van der Waals surface area contributed by atoms with E-state index >= 15 is 0 Å². The number of halogens is 2. The van der Waals surface area contributed by atoms with Crippen molar-refractivity contribution in [1.82, 2.24) is 0 Å². The van der Waals surface area contributed by atoms with E-state index in [-0.39, 0.29) is 29.4 Å². The Kier molecular flexibility index (Phi) is 23.9. The molecule has 0 heterocycles. The second kappa shape index (κ2) is 20.8. The highest BCUT2D eigenvalue weighted by Crippen LogP contribution is 2.16. The SMILES string of the molecule is CCCC[N+](CCCC)(CCCC)CCCC.C[N+](C)(C)Cc1ccccc1.[Br-].[Cl-]. The molecule has 1 aromatic rings. The molecule has 0 spiro atoms. The fourth-order valence-corrected chi connectivity index (χ4v) is 3.78. The molecule has 0 N–H and O–H groups in total. The van der Waals surface area contributed by atoms with Crippen LogP contribution in [0.2, 0.25) is 0 Å². The van der Waals surface area contributed by atoms with Crippen LogP contribution in [0.3, 0.4) is 0 Å². The fourth-order valence-electron chi connectivity index (χ4n) is 3.78. The number of unbranched alkanes of at least 4 members (excludes halogenated alkanes) is 4. The average molecular weight is 508 g/mol. The molecule has 180 valence electrons. The van der Waals surface area contributed by atoms with Gasteiger partial charge in [0.15, 0.2) is 0 Å². The molecule has 0 saturated heterocycles. The van der Waals surface area contributed by atoms with Gasteiger partial charge in [0, 0.05) is 5.56 Å². The highest BCUT2D eigenvalue weighted by atomic mass is 79.9. The van der Waals surface area contributed by atoms with Gasteiger partial charge in [-0.2, -0.15) is 0 Å². The lowest BCUT2D eigenvalue weighted by molar-refractivity contribution is -0.929. The Labute approximate surface area is 206 Å². The first kappa shape index (κ1) is 34.5. The van der Waals surface area contributed by atoms with Gasteiger partial charge >= 0.3 is 0 Å². The lowest BCUT2D eigenvalue weighted by Crippen LogP contribution is -3.00. The molecular weight excluding hydrogens is 456 g/mol. The minimum absolute atomic E-state index is 0. The summed E-state index contributed by atoms with van der Waals surface area (Å²) in [6.07, 6.45) is 11.1. The molecule has 0 radical (unpaired) electrons. The minimum Gasteiger partial charge on any atom is -1.00 e. The number of benzene rings is 1. The average Bonchev–Trinajstić information content (AvgIpc) is 2.67. The Morgan fingerprint density at radius 2 is 0.933 bits per heavy atom. The van der Waals surface area contributed by atoms with Crippen molar-refractivity contribution in [2.24, 2.45) is 0 Å². The first-order valence-corrected chi connectivity index (χ1v) is 12.0. The molecule has 1 aromatic carbocycles. The molecule has 0 saturated carbocycles. The number of hydrogen-bond donors (Lipinski definition) is 0. The van der Waals surface area contributed by atoms with Crippen molar-refractivity contribution in [3.8, 4) is 0 Å². The maximum atomic E-state index is 2.33. The summed E-state index contributed by atoms with van der Waals surface area (Å²) in [6, 6.07) is 10.6. The first-order chi connectivity index (χ1) is 13.3. The van der Waals surface area contributed by atoms with Gasteiger partial charge in [-0.1, -0.05) is 83.7 Å². The van der Waals surface area contributed by atoms with Crippen molar-refractivity contribution in [1.29, 1.82) is 0 Å². The van der Waals surface area contributed by atoms with Crippen LogP contribution in [0.4, 0.5) is 0 Å². The minimum atomic E-state index is 0. The van der Waals surface area contributed by atoms with Crippen LogP contribution in [0.1, 0.15) is 84.6 Å². The molecule has 0 amide bonds. The molecule has 30 heavy (non-hydrogen) atoms. The molecule has 0 aliphatic carbocycles. The summed E-state index contributed by atoms with van der Waals surface area (Å²) in [5.74, 6) is 0. The monoisotopic (exact) mass is 506 g/mol. The van der Waals surface area contributed by atoms with Crippen LogP contribution in [0.25, 0.3) is 0 Å². The predicted octanol–water partition coefficient (Wildman–Crippen LogP) is 0.904. The van der Waals surface area contributed by atoms with Gasteiger partial charge in [0.2, 0.25) is 0 Å². The van der Waals surface area contributed by atoms with Gasteiger partial charge in [0.05, 0.1) is 47.3 Å². The zero-order valence-corrected chi connectivity index (χ0v) is 23.6. The van der Waals surface area contributed by atoms with E-state index in [1.165, 1.54) is 87.6 Å². The van der Waals surface area contributed by atoms with Crippen molar-refractivity contribution >= 4 is 0 Å². The quantitative estimate of drug-likeness (QED) is 0.328. The zero-order valence-electron chi connectivity index (χ0n) is 21.2. The summed E-state index contributed by atoms with van der Waals surface area (Å²) in [5.41, 5.74) is 1.40. The summed E-state index contributed by atoms with van der Waals surface area (Å²) in [4.78, 5) is 0. The van der Waals surface area contributed by atoms with Gasteiger partial charge in [-0.25, -0.2) is 0 Å². The maximum Gasteiger partial charge on any atom is 0.104 e. The largest absolute Gasteiger partial charge is 1.00 e. The van der Waals surface area contributed by atoms with Crippen LogP contribution in [0.5, 0.6) is 0 Å². The van der Waals surface area contributed by atoms with E-state index in [0.717, 1.165) is 11.0 Å². The maximum absolute atomic E-state index is 2.33. The Hall–Kier alpha value is -0.0900. The molecule has 0 aliphatic rings. The van der Waals surface area contributed by atoms with Crippen molar-refractivity contribution in [2.45, 2.75) is 85.6 Å². The van der Waals surface area contributed by atoms with E-state index < -0.39 is 0 Å². The molecular formula is C26H52BrClN2. The van der Waals surface area contributed by atoms with E-state index in [9.17, 15) is 0 Å². The molecule has 2 nitrogen and oxygen atoms in total. The van der Waals surface area contributed by atoms with Crippen LogP contribution in [-0.4, -0.2) is 56.3 Å². The van der Waals surface area contributed by atoms with Gasteiger partial charge in [0.1, 0.15) is 6.54 Å². The summed E-state index contributed by atoms with van der Waals surface area (Å²) >= 11 is 0. The van der Waals surface area contributed by atoms with Crippen LogP contribution >= 0.6 is 0 Å². The third-order valence-corrected chi connectivity index (χ3v) is 5.44. The van der Waals surface area contributed by atoms with Crippen molar-refractivity contribution < 1.29 is 38.4 Å². The van der Waals surface area contributed by atoms with Gasteiger partial charge in [-0.05, 0) is 25.7 Å². The number of quaternary nitrogens is 2. The highest BCUT2D eigenvalue weighted by molar-refractivity contribution is 5.13. The predicted molar refractivity (Wildman–Crippen MR) is 128 cm³/mol.